The first-order chi connectivity index (χ1) is 16.0. The molecule has 1 atom stereocenters. The van der Waals surface area contributed by atoms with Gasteiger partial charge in [0.25, 0.3) is 5.56 Å². The Bertz CT molecular complexity index is 1250. The lowest BCUT2D eigenvalue weighted by Crippen LogP contribution is -2.32. The van der Waals surface area contributed by atoms with E-state index in [1.807, 2.05) is 23.1 Å². The number of nitrogens with zero attached hydrogens (tertiary/aromatic N) is 3. The predicted octanol–water partition coefficient (Wildman–Crippen LogP) is 3.58. The molecule has 0 bridgehead atoms. The molecule has 1 aliphatic heterocycles. The van der Waals surface area contributed by atoms with Crippen LogP contribution >= 0.6 is 0 Å². The quantitative estimate of drug-likeness (QED) is 0.595. The first kappa shape index (κ1) is 21.6. The molecule has 2 aromatic carbocycles. The van der Waals surface area contributed by atoms with Crippen LogP contribution in [-0.4, -0.2) is 35.1 Å². The van der Waals surface area contributed by atoms with E-state index in [2.05, 4.69) is 10.3 Å². The van der Waals surface area contributed by atoms with Gasteiger partial charge in [-0.2, -0.15) is 0 Å². The lowest BCUT2D eigenvalue weighted by molar-refractivity contribution is -0.121. The molecule has 1 saturated carbocycles. The van der Waals surface area contributed by atoms with E-state index < -0.39 is 11.6 Å². The Morgan fingerprint density at radius 3 is 2.70 bits per heavy atom. The van der Waals surface area contributed by atoms with Crippen molar-refractivity contribution in [3.63, 3.8) is 0 Å². The smallest absolute Gasteiger partial charge is 0.261 e. The number of aryl methyl sites for hydroxylation is 1. The Hall–Kier alpha value is -3.29. The van der Waals surface area contributed by atoms with E-state index in [0.717, 1.165) is 31.9 Å². The first-order valence-electron chi connectivity index (χ1n) is 11.5. The third-order valence-electron chi connectivity index (χ3n) is 6.51. The zero-order valence-corrected chi connectivity index (χ0v) is 18.3. The minimum Gasteiger partial charge on any atom is -0.371 e. The van der Waals surface area contributed by atoms with Gasteiger partial charge in [0.2, 0.25) is 5.91 Å². The Labute approximate surface area is 190 Å². The third kappa shape index (κ3) is 4.60. The molecule has 3 aromatic rings. The second kappa shape index (κ2) is 8.92. The van der Waals surface area contributed by atoms with Gasteiger partial charge in [-0.05, 0) is 49.4 Å². The summed E-state index contributed by atoms with van der Waals surface area (Å²) in [6.45, 7) is 1.94. The highest BCUT2D eigenvalue weighted by Crippen LogP contribution is 2.35. The fraction of sp³-hybridized carbons (Fsp3) is 0.400. The number of hydrogen-bond acceptors (Lipinski definition) is 4. The van der Waals surface area contributed by atoms with E-state index in [1.165, 1.54) is 6.07 Å². The molecule has 0 spiro atoms. The van der Waals surface area contributed by atoms with Gasteiger partial charge in [-0.15, -0.1) is 0 Å². The number of halogens is 2. The molecule has 1 unspecified atom stereocenters. The Morgan fingerprint density at radius 1 is 1.09 bits per heavy atom. The number of aromatic nitrogens is 2. The Kier molecular flexibility index (Phi) is 5.83. The van der Waals surface area contributed by atoms with E-state index in [4.69, 9.17) is 0 Å². The van der Waals surface area contributed by atoms with Gasteiger partial charge < -0.3 is 10.2 Å². The fourth-order valence-electron chi connectivity index (χ4n) is 4.56. The zero-order valence-electron chi connectivity index (χ0n) is 18.3. The summed E-state index contributed by atoms with van der Waals surface area (Å²) in [7, 11) is 0. The van der Waals surface area contributed by atoms with Crippen LogP contribution in [0.4, 0.5) is 14.5 Å². The molecule has 1 amide bonds. The molecule has 1 saturated heterocycles. The second-order valence-electron chi connectivity index (χ2n) is 8.95. The highest BCUT2D eigenvalue weighted by Gasteiger charge is 2.28. The molecule has 2 aliphatic rings. The molecular weight excluding hydrogens is 426 g/mol. The lowest BCUT2D eigenvalue weighted by atomic mass is 10.1. The summed E-state index contributed by atoms with van der Waals surface area (Å²) in [5.41, 5.74) is 1.29. The van der Waals surface area contributed by atoms with Gasteiger partial charge in [0.05, 0.1) is 10.9 Å². The standard InChI is InChI=1S/C25H26F2N4O2/c26-20-8-7-18(13-21(20)27)30-12-11-16(15-30)14-28-24(32)10-9-23-29-22-4-2-1-3-19(22)25(33)31(23)17-5-6-17/h1-4,7-8,13,16-17H,5-6,9-12,14-15H2,(H,28,32). The number of nitrogens with one attached hydrogen (secondary N) is 1. The maximum atomic E-state index is 13.5. The van der Waals surface area contributed by atoms with Crippen LogP contribution in [0.5, 0.6) is 0 Å². The molecule has 8 heteroatoms. The number of rotatable bonds is 7. The maximum Gasteiger partial charge on any atom is 0.261 e. The summed E-state index contributed by atoms with van der Waals surface area (Å²) in [5.74, 6) is -0.871. The summed E-state index contributed by atoms with van der Waals surface area (Å²) in [6, 6.07) is 11.4. The molecule has 1 N–H and O–H groups in total. The average Bonchev–Trinajstić information content (AvgIpc) is 3.54. The van der Waals surface area contributed by atoms with Gasteiger partial charge in [-0.25, -0.2) is 13.8 Å². The van der Waals surface area contributed by atoms with Crippen LogP contribution in [0.25, 0.3) is 10.9 Å². The highest BCUT2D eigenvalue weighted by atomic mass is 19.2. The minimum atomic E-state index is -0.852. The summed E-state index contributed by atoms with van der Waals surface area (Å²) in [5, 5.41) is 3.60. The van der Waals surface area contributed by atoms with Crippen molar-refractivity contribution in [2.75, 3.05) is 24.5 Å². The number of fused-ring (bicyclic) bond motifs is 1. The highest BCUT2D eigenvalue weighted by molar-refractivity contribution is 5.78. The molecule has 1 aliphatic carbocycles. The van der Waals surface area contributed by atoms with Gasteiger partial charge >= 0.3 is 0 Å². The number of carbonyl (C=O) groups is 1. The summed E-state index contributed by atoms with van der Waals surface area (Å²) < 4.78 is 28.5. The number of para-hydroxylation sites is 1. The zero-order chi connectivity index (χ0) is 22.9. The SMILES string of the molecule is O=C(CCc1nc2ccccc2c(=O)n1C1CC1)NCC1CCN(c2ccc(F)c(F)c2)C1. The molecule has 1 aromatic heterocycles. The molecule has 33 heavy (non-hydrogen) atoms. The molecule has 6 nitrogen and oxygen atoms in total. The van der Waals surface area contributed by atoms with Crippen molar-refractivity contribution in [1.29, 1.82) is 0 Å². The summed E-state index contributed by atoms with van der Waals surface area (Å²) >= 11 is 0. The van der Waals surface area contributed by atoms with E-state index in [0.29, 0.717) is 41.9 Å². The van der Waals surface area contributed by atoms with Crippen LogP contribution in [0.1, 0.15) is 37.5 Å². The molecular formula is C25H26F2N4O2. The Balaban J connectivity index is 1.17. The number of benzene rings is 2. The normalized spacial score (nSPS) is 18.1. The van der Waals surface area contributed by atoms with Crippen LogP contribution < -0.4 is 15.8 Å². The molecule has 2 heterocycles. The maximum absolute atomic E-state index is 13.5. The van der Waals surface area contributed by atoms with Gasteiger partial charge in [0, 0.05) is 50.3 Å². The van der Waals surface area contributed by atoms with Crippen molar-refractivity contribution >= 4 is 22.5 Å². The lowest BCUT2D eigenvalue weighted by Gasteiger charge is -2.19. The number of anilines is 1. The van der Waals surface area contributed by atoms with Crippen LogP contribution in [0.2, 0.25) is 0 Å². The van der Waals surface area contributed by atoms with Gasteiger partial charge in [-0.1, -0.05) is 12.1 Å². The van der Waals surface area contributed by atoms with Gasteiger partial charge in [0.15, 0.2) is 11.6 Å². The van der Waals surface area contributed by atoms with E-state index >= 15 is 0 Å². The van der Waals surface area contributed by atoms with Gasteiger partial charge in [0.1, 0.15) is 5.82 Å². The van der Waals surface area contributed by atoms with Crippen LogP contribution in [-0.2, 0) is 11.2 Å². The van der Waals surface area contributed by atoms with E-state index in [1.54, 1.807) is 16.7 Å². The molecule has 172 valence electrons. The number of carbonyl (C=O) groups excluding carboxylic acids is 1. The van der Waals surface area contributed by atoms with Crippen LogP contribution in [0.3, 0.4) is 0 Å². The van der Waals surface area contributed by atoms with Gasteiger partial charge in [-0.3, -0.25) is 14.2 Å². The van der Waals surface area contributed by atoms with Crippen LogP contribution in [0, 0.1) is 17.6 Å². The minimum absolute atomic E-state index is 0.0261. The summed E-state index contributed by atoms with van der Waals surface area (Å²) in [4.78, 5) is 32.1. The number of hydrogen-bond donors (Lipinski definition) is 1. The van der Waals surface area contributed by atoms with Crippen molar-refractivity contribution in [1.82, 2.24) is 14.9 Å². The van der Waals surface area contributed by atoms with Crippen molar-refractivity contribution in [3.8, 4) is 0 Å². The molecule has 0 radical (unpaired) electrons. The first-order valence-corrected chi connectivity index (χ1v) is 11.5. The second-order valence-corrected chi connectivity index (χ2v) is 8.95. The molecule has 2 fully saturated rings. The summed E-state index contributed by atoms with van der Waals surface area (Å²) in [6.07, 6.45) is 3.47. The topological polar surface area (TPSA) is 67.2 Å². The average molecular weight is 453 g/mol. The van der Waals surface area contributed by atoms with Crippen molar-refractivity contribution in [2.45, 2.75) is 38.1 Å². The predicted molar refractivity (Wildman–Crippen MR) is 122 cm³/mol. The van der Waals surface area contributed by atoms with Crippen LogP contribution in [0.15, 0.2) is 47.3 Å². The monoisotopic (exact) mass is 452 g/mol. The van der Waals surface area contributed by atoms with E-state index in [-0.39, 0.29) is 29.8 Å². The third-order valence-corrected chi connectivity index (χ3v) is 6.51. The Morgan fingerprint density at radius 2 is 1.91 bits per heavy atom. The van der Waals surface area contributed by atoms with Crippen molar-refractivity contribution in [3.05, 3.63) is 70.3 Å². The number of amides is 1. The largest absolute Gasteiger partial charge is 0.371 e. The van der Waals surface area contributed by atoms with Crippen molar-refractivity contribution < 1.29 is 13.6 Å². The van der Waals surface area contributed by atoms with E-state index in [9.17, 15) is 18.4 Å². The fourth-order valence-corrected chi connectivity index (χ4v) is 4.56. The van der Waals surface area contributed by atoms with Crippen molar-refractivity contribution in [2.24, 2.45) is 5.92 Å². The molecule has 5 rings (SSSR count).